The second-order valence-electron chi connectivity index (χ2n) is 5.56. The highest BCUT2D eigenvalue weighted by molar-refractivity contribution is 6.31. The Balaban J connectivity index is 2.08. The van der Waals surface area contributed by atoms with E-state index in [4.69, 9.17) is 11.6 Å². The molecule has 0 spiro atoms. The van der Waals surface area contributed by atoms with Crippen LogP contribution in [-0.4, -0.2) is 6.04 Å². The third-order valence-electron chi connectivity index (χ3n) is 4.04. The maximum absolute atomic E-state index is 6.15. The fourth-order valence-electron chi connectivity index (χ4n) is 2.84. The molecule has 0 aliphatic heterocycles. The lowest BCUT2D eigenvalue weighted by atomic mass is 9.80. The summed E-state index contributed by atoms with van der Waals surface area (Å²) < 4.78 is 0. The van der Waals surface area contributed by atoms with E-state index >= 15 is 0 Å². The molecule has 3 atom stereocenters. The molecule has 1 fully saturated rings. The summed E-state index contributed by atoms with van der Waals surface area (Å²) in [7, 11) is 0. The van der Waals surface area contributed by atoms with Crippen LogP contribution in [0.2, 0.25) is 5.02 Å². The van der Waals surface area contributed by atoms with Gasteiger partial charge in [0.25, 0.3) is 0 Å². The van der Waals surface area contributed by atoms with Crippen molar-refractivity contribution in [3.8, 4) is 0 Å². The minimum atomic E-state index is 0.600. The van der Waals surface area contributed by atoms with Crippen molar-refractivity contribution < 1.29 is 0 Å². The van der Waals surface area contributed by atoms with Gasteiger partial charge in [0.2, 0.25) is 0 Å². The molecule has 0 aromatic heterocycles. The predicted octanol–water partition coefficient (Wildman–Crippen LogP) is 4.89. The Bertz CT molecular complexity index is 389. The minimum Gasteiger partial charge on any atom is -0.382 e. The smallest absolute Gasteiger partial charge is 0.0455 e. The predicted molar refractivity (Wildman–Crippen MR) is 75.8 cm³/mol. The highest BCUT2D eigenvalue weighted by atomic mass is 35.5. The molecular weight excluding hydrogens is 230 g/mol. The summed E-state index contributed by atoms with van der Waals surface area (Å²) in [5.41, 5.74) is 2.36. The SMILES string of the molecule is Cc1c(Cl)cccc1NC1CCC(C)CC1C. The summed E-state index contributed by atoms with van der Waals surface area (Å²) in [5.74, 6) is 1.63. The van der Waals surface area contributed by atoms with E-state index in [1.807, 2.05) is 12.1 Å². The maximum atomic E-state index is 6.15. The number of nitrogens with one attached hydrogen (secondary N) is 1. The molecule has 0 radical (unpaired) electrons. The second-order valence-corrected chi connectivity index (χ2v) is 5.97. The Morgan fingerprint density at radius 1 is 1.24 bits per heavy atom. The van der Waals surface area contributed by atoms with Gasteiger partial charge in [0.15, 0.2) is 0 Å². The second kappa shape index (κ2) is 5.30. The van der Waals surface area contributed by atoms with Crippen molar-refractivity contribution in [2.75, 3.05) is 5.32 Å². The number of hydrogen-bond donors (Lipinski definition) is 1. The van der Waals surface area contributed by atoms with Crippen LogP contribution < -0.4 is 5.32 Å². The molecule has 3 unspecified atom stereocenters. The standard InChI is InChI=1S/C15H22ClN/c1-10-7-8-14(11(2)9-10)17-15-6-4-5-13(16)12(15)3/h4-6,10-11,14,17H,7-9H2,1-3H3. The number of halogens is 1. The number of benzene rings is 1. The molecule has 0 amide bonds. The molecule has 1 nitrogen and oxygen atoms in total. The number of hydrogen-bond acceptors (Lipinski definition) is 1. The van der Waals surface area contributed by atoms with Crippen LogP contribution in [0.25, 0.3) is 0 Å². The minimum absolute atomic E-state index is 0.600. The van der Waals surface area contributed by atoms with Gasteiger partial charge in [0.1, 0.15) is 0 Å². The van der Waals surface area contributed by atoms with Gasteiger partial charge in [-0.15, -0.1) is 0 Å². The average Bonchev–Trinajstić information content (AvgIpc) is 2.28. The fraction of sp³-hybridized carbons (Fsp3) is 0.600. The number of anilines is 1. The number of rotatable bonds is 2. The molecule has 1 saturated carbocycles. The summed E-state index contributed by atoms with van der Waals surface area (Å²) in [6.45, 7) is 6.80. The summed E-state index contributed by atoms with van der Waals surface area (Å²) in [6.07, 6.45) is 3.94. The van der Waals surface area contributed by atoms with Gasteiger partial charge in [-0.25, -0.2) is 0 Å². The van der Waals surface area contributed by atoms with Crippen molar-refractivity contribution in [2.24, 2.45) is 11.8 Å². The molecule has 17 heavy (non-hydrogen) atoms. The van der Waals surface area contributed by atoms with Crippen molar-refractivity contribution in [3.05, 3.63) is 28.8 Å². The Hall–Kier alpha value is -0.690. The maximum Gasteiger partial charge on any atom is 0.0455 e. The lowest BCUT2D eigenvalue weighted by Gasteiger charge is -2.34. The monoisotopic (exact) mass is 251 g/mol. The molecule has 1 aliphatic rings. The van der Waals surface area contributed by atoms with Crippen LogP contribution in [0.1, 0.15) is 38.7 Å². The topological polar surface area (TPSA) is 12.0 Å². The first kappa shape index (κ1) is 12.8. The largest absolute Gasteiger partial charge is 0.382 e. The molecule has 0 bridgehead atoms. The normalized spacial score (nSPS) is 29.1. The highest BCUT2D eigenvalue weighted by Crippen LogP contribution is 2.32. The zero-order chi connectivity index (χ0) is 12.4. The van der Waals surface area contributed by atoms with E-state index in [1.165, 1.54) is 30.5 Å². The van der Waals surface area contributed by atoms with Gasteiger partial charge in [0.05, 0.1) is 0 Å². The molecular formula is C15H22ClN. The van der Waals surface area contributed by atoms with Gasteiger partial charge in [0, 0.05) is 16.8 Å². The van der Waals surface area contributed by atoms with E-state index in [2.05, 4.69) is 32.2 Å². The molecule has 94 valence electrons. The zero-order valence-electron chi connectivity index (χ0n) is 11.0. The highest BCUT2D eigenvalue weighted by Gasteiger charge is 2.25. The van der Waals surface area contributed by atoms with Crippen molar-refractivity contribution >= 4 is 17.3 Å². The van der Waals surface area contributed by atoms with Crippen LogP contribution in [0, 0.1) is 18.8 Å². The molecule has 2 heteroatoms. The van der Waals surface area contributed by atoms with E-state index in [0.717, 1.165) is 16.9 Å². The van der Waals surface area contributed by atoms with Crippen LogP contribution in [0.4, 0.5) is 5.69 Å². The summed E-state index contributed by atoms with van der Waals surface area (Å²) in [5, 5.41) is 4.53. The van der Waals surface area contributed by atoms with E-state index in [1.54, 1.807) is 0 Å². The molecule has 1 aromatic rings. The lowest BCUT2D eigenvalue weighted by molar-refractivity contribution is 0.276. The molecule has 1 aliphatic carbocycles. The first-order chi connectivity index (χ1) is 8.08. The first-order valence-electron chi connectivity index (χ1n) is 6.59. The Morgan fingerprint density at radius 2 is 2.00 bits per heavy atom. The quantitative estimate of drug-likeness (QED) is 0.790. The van der Waals surface area contributed by atoms with Crippen LogP contribution >= 0.6 is 11.6 Å². The van der Waals surface area contributed by atoms with Crippen molar-refractivity contribution in [1.82, 2.24) is 0 Å². The Morgan fingerprint density at radius 3 is 2.71 bits per heavy atom. The van der Waals surface area contributed by atoms with Crippen LogP contribution in [0.15, 0.2) is 18.2 Å². The van der Waals surface area contributed by atoms with Crippen LogP contribution in [0.3, 0.4) is 0 Å². The molecule has 0 heterocycles. The van der Waals surface area contributed by atoms with Crippen molar-refractivity contribution in [1.29, 1.82) is 0 Å². The van der Waals surface area contributed by atoms with Gasteiger partial charge in [-0.05, 0) is 55.7 Å². The van der Waals surface area contributed by atoms with E-state index in [9.17, 15) is 0 Å². The molecule has 0 saturated heterocycles. The van der Waals surface area contributed by atoms with Crippen LogP contribution in [0.5, 0.6) is 0 Å². The Kier molecular flexibility index (Phi) is 3.98. The Labute approximate surface area is 110 Å². The van der Waals surface area contributed by atoms with E-state index in [0.29, 0.717) is 6.04 Å². The molecule has 1 aromatic carbocycles. The summed E-state index contributed by atoms with van der Waals surface area (Å²) >= 11 is 6.15. The van der Waals surface area contributed by atoms with Gasteiger partial charge in [-0.1, -0.05) is 31.5 Å². The third kappa shape index (κ3) is 2.95. The summed E-state index contributed by atoms with van der Waals surface area (Å²) in [4.78, 5) is 0. The fourth-order valence-corrected chi connectivity index (χ4v) is 3.02. The van der Waals surface area contributed by atoms with Crippen molar-refractivity contribution in [3.63, 3.8) is 0 Å². The van der Waals surface area contributed by atoms with E-state index < -0.39 is 0 Å². The van der Waals surface area contributed by atoms with Gasteiger partial charge < -0.3 is 5.32 Å². The van der Waals surface area contributed by atoms with Crippen LogP contribution in [-0.2, 0) is 0 Å². The zero-order valence-corrected chi connectivity index (χ0v) is 11.7. The first-order valence-corrected chi connectivity index (χ1v) is 6.97. The lowest BCUT2D eigenvalue weighted by Crippen LogP contribution is -2.33. The van der Waals surface area contributed by atoms with Crippen molar-refractivity contribution in [2.45, 2.75) is 46.1 Å². The third-order valence-corrected chi connectivity index (χ3v) is 4.45. The molecule has 1 N–H and O–H groups in total. The average molecular weight is 252 g/mol. The van der Waals surface area contributed by atoms with Gasteiger partial charge in [-0.2, -0.15) is 0 Å². The van der Waals surface area contributed by atoms with Gasteiger partial charge >= 0.3 is 0 Å². The summed E-state index contributed by atoms with van der Waals surface area (Å²) in [6, 6.07) is 6.71. The van der Waals surface area contributed by atoms with E-state index in [-0.39, 0.29) is 0 Å². The molecule has 2 rings (SSSR count). The van der Waals surface area contributed by atoms with Gasteiger partial charge in [-0.3, -0.25) is 0 Å².